The predicted molar refractivity (Wildman–Crippen MR) is 51.2 cm³/mol. The molecule has 0 aliphatic rings. The second-order valence-corrected chi connectivity index (χ2v) is 3.78. The molecule has 9 heteroatoms. The zero-order valence-electron chi connectivity index (χ0n) is 7.71. The Morgan fingerprint density at radius 1 is 1.33 bits per heavy atom. The Labute approximate surface area is 107 Å². The van der Waals surface area contributed by atoms with E-state index in [2.05, 4.69) is 0 Å². The number of nitrogen functional groups attached to an aromatic ring is 1. The molecule has 1 aromatic carbocycles. The summed E-state index contributed by atoms with van der Waals surface area (Å²) in [7, 11) is -4.77. The molecule has 7 nitrogen and oxygen atoms in total. The molecule has 0 fully saturated rings. The van der Waals surface area contributed by atoms with Crippen LogP contribution in [0.2, 0.25) is 0 Å². The molecule has 0 saturated carbocycles. The Hall–Kier alpha value is -0.670. The van der Waals surface area contributed by atoms with Crippen LogP contribution < -0.4 is 5.73 Å². The van der Waals surface area contributed by atoms with Gasteiger partial charge in [-0.1, -0.05) is 0 Å². The SMILES string of the molecule is Nc1ccc([N+](=O)[O-])cc1S(=O)(=O)[O-].[Na]. The summed E-state index contributed by atoms with van der Waals surface area (Å²) in [6.07, 6.45) is 0. The van der Waals surface area contributed by atoms with E-state index in [0.717, 1.165) is 12.1 Å². The zero-order valence-corrected chi connectivity index (χ0v) is 10.5. The minimum atomic E-state index is -4.77. The first kappa shape index (κ1) is 14.3. The Kier molecular flexibility index (Phi) is 4.68. The summed E-state index contributed by atoms with van der Waals surface area (Å²) in [4.78, 5) is 8.68. The van der Waals surface area contributed by atoms with Gasteiger partial charge in [0, 0.05) is 47.4 Å². The molecule has 1 rings (SSSR count). The van der Waals surface area contributed by atoms with Crippen LogP contribution in [0.5, 0.6) is 0 Å². The number of benzene rings is 1. The van der Waals surface area contributed by atoms with Gasteiger partial charge in [0.1, 0.15) is 10.1 Å². The van der Waals surface area contributed by atoms with Crippen molar-refractivity contribution in [3.63, 3.8) is 0 Å². The van der Waals surface area contributed by atoms with Crippen molar-refractivity contribution in [2.45, 2.75) is 4.90 Å². The van der Waals surface area contributed by atoms with Crippen molar-refractivity contribution in [1.29, 1.82) is 0 Å². The Morgan fingerprint density at radius 3 is 2.27 bits per heavy atom. The summed E-state index contributed by atoms with van der Waals surface area (Å²) in [5, 5.41) is 10.3. The number of nitrogens with zero attached hydrogens (tertiary/aromatic N) is 1. The molecule has 0 saturated heterocycles. The average molecular weight is 240 g/mol. The maximum Gasteiger partial charge on any atom is 0.270 e. The second kappa shape index (κ2) is 4.90. The molecule has 77 valence electrons. The minimum absolute atomic E-state index is 0. The average Bonchev–Trinajstić information content (AvgIpc) is 2.02. The number of nitro benzene ring substituents is 1. The van der Waals surface area contributed by atoms with Gasteiger partial charge < -0.3 is 10.3 Å². The number of nitrogens with two attached hydrogens (primary N) is 1. The summed E-state index contributed by atoms with van der Waals surface area (Å²) >= 11 is 0. The summed E-state index contributed by atoms with van der Waals surface area (Å²) < 4.78 is 31.7. The molecule has 0 heterocycles. The molecule has 1 radical (unpaired) electrons. The standard InChI is InChI=1S/C6H6N2O5S.Na/c7-5-2-1-4(8(9)10)3-6(5)14(11,12)13;/h1-3H,7H2,(H,11,12,13);/p-1. The van der Waals surface area contributed by atoms with Gasteiger partial charge in [0.15, 0.2) is 0 Å². The van der Waals surface area contributed by atoms with E-state index < -0.39 is 25.6 Å². The van der Waals surface area contributed by atoms with Gasteiger partial charge in [0.25, 0.3) is 5.69 Å². The van der Waals surface area contributed by atoms with E-state index in [9.17, 15) is 23.1 Å². The topological polar surface area (TPSA) is 126 Å². The van der Waals surface area contributed by atoms with E-state index in [0.29, 0.717) is 6.07 Å². The third kappa shape index (κ3) is 3.43. The van der Waals surface area contributed by atoms with Gasteiger partial charge in [0.05, 0.1) is 9.82 Å². The Morgan fingerprint density at radius 2 is 1.87 bits per heavy atom. The zero-order chi connectivity index (χ0) is 10.9. The van der Waals surface area contributed by atoms with E-state index in [-0.39, 0.29) is 35.2 Å². The van der Waals surface area contributed by atoms with Crippen LogP contribution in [-0.2, 0) is 10.1 Å². The van der Waals surface area contributed by atoms with Crippen molar-refractivity contribution in [2.24, 2.45) is 0 Å². The van der Waals surface area contributed by atoms with E-state index in [1.807, 2.05) is 0 Å². The largest absolute Gasteiger partial charge is 0.744 e. The van der Waals surface area contributed by atoms with Crippen molar-refractivity contribution in [2.75, 3.05) is 5.73 Å². The van der Waals surface area contributed by atoms with Crippen LogP contribution in [-0.4, -0.2) is 47.5 Å². The fraction of sp³-hybridized carbons (Fsp3) is 0. The van der Waals surface area contributed by atoms with Crippen LogP contribution in [0.25, 0.3) is 0 Å². The van der Waals surface area contributed by atoms with Crippen LogP contribution >= 0.6 is 0 Å². The number of non-ortho nitro benzene ring substituents is 1. The molecule has 0 aromatic heterocycles. The first-order valence-corrected chi connectivity index (χ1v) is 4.73. The van der Waals surface area contributed by atoms with Crippen LogP contribution in [0.4, 0.5) is 11.4 Å². The molecule has 0 spiro atoms. The molecular formula is C6H5N2NaO5S-. The first-order valence-electron chi connectivity index (χ1n) is 3.32. The summed E-state index contributed by atoms with van der Waals surface area (Å²) in [5.74, 6) is 0. The van der Waals surface area contributed by atoms with Gasteiger partial charge in [-0.25, -0.2) is 8.42 Å². The van der Waals surface area contributed by atoms with Crippen LogP contribution in [0.15, 0.2) is 23.1 Å². The smallest absolute Gasteiger partial charge is 0.270 e. The molecule has 15 heavy (non-hydrogen) atoms. The molecule has 0 aliphatic heterocycles. The van der Waals surface area contributed by atoms with E-state index >= 15 is 0 Å². The molecule has 0 unspecified atom stereocenters. The fourth-order valence-electron chi connectivity index (χ4n) is 0.853. The van der Waals surface area contributed by atoms with Crippen molar-refractivity contribution < 1.29 is 17.9 Å². The second-order valence-electron chi connectivity index (χ2n) is 2.43. The van der Waals surface area contributed by atoms with Gasteiger partial charge in [0.2, 0.25) is 0 Å². The molecule has 2 N–H and O–H groups in total. The third-order valence-corrected chi connectivity index (χ3v) is 2.37. The van der Waals surface area contributed by atoms with Crippen molar-refractivity contribution >= 4 is 51.1 Å². The number of anilines is 1. The van der Waals surface area contributed by atoms with Gasteiger partial charge in [-0.3, -0.25) is 10.1 Å². The molecule has 1 aromatic rings. The molecular weight excluding hydrogens is 235 g/mol. The maximum atomic E-state index is 10.6. The predicted octanol–water partition coefficient (Wildman–Crippen LogP) is -0.300. The summed E-state index contributed by atoms with van der Waals surface area (Å²) in [6, 6.07) is 2.66. The Bertz CT molecular complexity index is 486. The van der Waals surface area contributed by atoms with Crippen molar-refractivity contribution in [3.05, 3.63) is 28.3 Å². The maximum absolute atomic E-state index is 10.6. The van der Waals surface area contributed by atoms with Crippen LogP contribution in [0.3, 0.4) is 0 Å². The minimum Gasteiger partial charge on any atom is -0.744 e. The van der Waals surface area contributed by atoms with Gasteiger partial charge in [-0.2, -0.15) is 0 Å². The normalized spacial score (nSPS) is 10.5. The monoisotopic (exact) mass is 240 g/mol. The molecule has 0 amide bonds. The first-order chi connectivity index (χ1) is 6.32. The number of nitro groups is 1. The van der Waals surface area contributed by atoms with E-state index in [1.165, 1.54) is 0 Å². The van der Waals surface area contributed by atoms with Gasteiger partial charge in [-0.15, -0.1) is 0 Å². The number of rotatable bonds is 2. The summed E-state index contributed by atoms with van der Waals surface area (Å²) in [5.41, 5.74) is 4.38. The number of hydrogen-bond donors (Lipinski definition) is 1. The van der Waals surface area contributed by atoms with Crippen LogP contribution in [0, 0.1) is 10.1 Å². The molecule has 0 aliphatic carbocycles. The van der Waals surface area contributed by atoms with E-state index in [1.54, 1.807) is 0 Å². The Balaban J connectivity index is 0.00000196. The van der Waals surface area contributed by atoms with Gasteiger partial charge in [-0.05, 0) is 6.07 Å². The quantitative estimate of drug-likeness (QED) is 0.248. The van der Waals surface area contributed by atoms with Crippen LogP contribution in [0.1, 0.15) is 0 Å². The van der Waals surface area contributed by atoms with Crippen molar-refractivity contribution in [1.82, 2.24) is 0 Å². The van der Waals surface area contributed by atoms with Crippen molar-refractivity contribution in [3.8, 4) is 0 Å². The molecule has 0 bridgehead atoms. The molecule has 0 atom stereocenters. The van der Waals surface area contributed by atoms with Gasteiger partial charge >= 0.3 is 0 Å². The summed E-state index contributed by atoms with van der Waals surface area (Å²) in [6.45, 7) is 0. The third-order valence-electron chi connectivity index (χ3n) is 1.48. The number of hydrogen-bond acceptors (Lipinski definition) is 6. The van der Waals surface area contributed by atoms with E-state index in [4.69, 9.17) is 5.73 Å². The fourth-order valence-corrected chi connectivity index (χ4v) is 1.47.